The minimum Gasteiger partial charge on any atom is -0.464 e. The maximum atomic E-state index is 12.4. The highest BCUT2D eigenvalue weighted by atomic mass is 35.5. The van der Waals surface area contributed by atoms with E-state index < -0.39 is 6.29 Å². The largest absolute Gasteiger partial charge is 0.464 e. The lowest BCUT2D eigenvalue weighted by atomic mass is 10.2. The number of para-hydroxylation sites is 2. The molecule has 0 saturated heterocycles. The van der Waals surface area contributed by atoms with Crippen molar-refractivity contribution >= 4 is 42.5 Å². The van der Waals surface area contributed by atoms with Gasteiger partial charge in [-0.15, -0.1) is 24.8 Å². The summed E-state index contributed by atoms with van der Waals surface area (Å²) < 4.78 is 17.2. The Morgan fingerprint density at radius 1 is 1.09 bits per heavy atom. The Hall–Kier alpha value is -2.33. The highest BCUT2D eigenvalue weighted by Gasteiger charge is 2.24. The number of halogens is 2. The second-order valence-corrected chi connectivity index (χ2v) is 8.59. The quantitative estimate of drug-likeness (QED) is 0.392. The maximum Gasteiger partial charge on any atom is 0.255 e. The van der Waals surface area contributed by atoms with E-state index in [2.05, 4.69) is 20.2 Å². The van der Waals surface area contributed by atoms with Crippen molar-refractivity contribution in [1.29, 1.82) is 0 Å². The molecule has 8 nitrogen and oxygen atoms in total. The summed E-state index contributed by atoms with van der Waals surface area (Å²) >= 11 is 1.76. The summed E-state index contributed by atoms with van der Waals surface area (Å²) in [5.74, 6) is 5.44. The summed E-state index contributed by atoms with van der Waals surface area (Å²) in [4.78, 5) is 21.5. The molecule has 2 N–H and O–H groups in total. The first-order chi connectivity index (χ1) is 15.1. The average molecular weight is 515 g/mol. The topological polar surface area (TPSA) is 92.6 Å². The molecule has 3 aromatic rings. The van der Waals surface area contributed by atoms with Crippen molar-refractivity contribution in [1.82, 2.24) is 14.9 Å². The van der Waals surface area contributed by atoms with E-state index in [0.717, 1.165) is 29.6 Å². The van der Waals surface area contributed by atoms with Gasteiger partial charge in [0.2, 0.25) is 12.2 Å². The van der Waals surface area contributed by atoms with Gasteiger partial charge in [-0.05, 0) is 38.4 Å². The first-order valence-corrected chi connectivity index (χ1v) is 11.3. The fourth-order valence-corrected chi connectivity index (χ4v) is 3.93. The minimum atomic E-state index is -0.518. The second-order valence-electron chi connectivity index (χ2n) is 7.49. The van der Waals surface area contributed by atoms with Gasteiger partial charge in [0.25, 0.3) is 5.56 Å². The zero-order valence-electron chi connectivity index (χ0n) is 18.4. The van der Waals surface area contributed by atoms with Gasteiger partial charge in [-0.25, -0.2) is 4.98 Å². The lowest BCUT2D eigenvalue weighted by molar-refractivity contribution is 0.0499. The minimum absolute atomic E-state index is 0. The maximum absolute atomic E-state index is 12.4. The number of aromatic nitrogens is 2. The van der Waals surface area contributed by atoms with Crippen LogP contribution >= 0.6 is 36.6 Å². The van der Waals surface area contributed by atoms with Crippen LogP contribution in [0.15, 0.2) is 51.8 Å². The van der Waals surface area contributed by atoms with Crippen molar-refractivity contribution in [3.8, 4) is 11.5 Å². The predicted octanol–water partition coefficient (Wildman–Crippen LogP) is 3.95. The number of aromatic amines is 1. The van der Waals surface area contributed by atoms with Crippen LogP contribution in [-0.4, -0.2) is 47.6 Å². The van der Waals surface area contributed by atoms with Crippen LogP contribution in [0.2, 0.25) is 0 Å². The molecule has 0 bridgehead atoms. The van der Waals surface area contributed by atoms with Crippen LogP contribution in [0.4, 0.5) is 5.95 Å². The number of H-pyrrole nitrogens is 1. The number of fused-ring (bicyclic) bond motifs is 1. The Balaban J connectivity index is 0.00000193. The molecular formula is C22H28Cl2N4O4S. The molecule has 0 amide bonds. The van der Waals surface area contributed by atoms with E-state index in [1.807, 2.05) is 50.5 Å². The van der Waals surface area contributed by atoms with Crippen LogP contribution in [0.25, 0.3) is 0 Å². The predicted molar refractivity (Wildman–Crippen MR) is 135 cm³/mol. The summed E-state index contributed by atoms with van der Waals surface area (Å²) in [6, 6.07) is 11.5. The number of nitrogens with one attached hydrogen (secondary N) is 2. The molecule has 0 radical (unpaired) electrons. The van der Waals surface area contributed by atoms with Gasteiger partial charge >= 0.3 is 0 Å². The standard InChI is InChI=1S/C22H26N4O4S.2ClH/c1-26(2)13-16-7-8-17(28-16)14-31-10-9-23-22-24-12-15(21(27)25-22)11-20-29-18-5-3-4-6-19(18)30-20;;/h3-8,12,20H,9-11,13-14H2,1-2H3,(H2,23,24,25,27);2*1H. The van der Waals surface area contributed by atoms with E-state index >= 15 is 0 Å². The van der Waals surface area contributed by atoms with Crippen molar-refractivity contribution in [3.05, 3.63) is 70.0 Å². The van der Waals surface area contributed by atoms with Gasteiger partial charge in [0.15, 0.2) is 11.5 Å². The third-order valence-corrected chi connectivity index (χ3v) is 5.58. The number of hydrogen-bond donors (Lipinski definition) is 2. The molecule has 1 aliphatic rings. The summed E-state index contributed by atoms with van der Waals surface area (Å²) in [5, 5.41) is 3.15. The Morgan fingerprint density at radius 3 is 2.45 bits per heavy atom. The van der Waals surface area contributed by atoms with E-state index in [4.69, 9.17) is 13.9 Å². The Kier molecular flexibility index (Phi) is 10.4. The SMILES string of the molecule is CN(C)Cc1ccc(CSCCNc2ncc(CC3Oc4ccccc4O3)c(=O)[nH]2)o1.Cl.Cl. The number of nitrogens with zero attached hydrogens (tertiary/aromatic N) is 2. The van der Waals surface area contributed by atoms with E-state index in [1.165, 1.54) is 0 Å². The molecule has 180 valence electrons. The number of furan rings is 1. The van der Waals surface area contributed by atoms with Gasteiger partial charge in [0, 0.05) is 24.1 Å². The molecule has 0 unspecified atom stereocenters. The number of benzene rings is 1. The molecule has 0 saturated carbocycles. The van der Waals surface area contributed by atoms with Crippen molar-refractivity contribution < 1.29 is 13.9 Å². The first-order valence-electron chi connectivity index (χ1n) is 10.1. The molecule has 2 aromatic heterocycles. The molecule has 0 spiro atoms. The number of rotatable bonds is 10. The van der Waals surface area contributed by atoms with E-state index in [0.29, 0.717) is 36.0 Å². The number of hydrogen-bond acceptors (Lipinski definition) is 8. The van der Waals surface area contributed by atoms with Crippen molar-refractivity contribution in [3.63, 3.8) is 0 Å². The molecule has 11 heteroatoms. The lowest BCUT2D eigenvalue weighted by Crippen LogP contribution is -2.26. The Bertz CT molecular complexity index is 1050. The third kappa shape index (κ3) is 7.60. The lowest BCUT2D eigenvalue weighted by Gasteiger charge is -2.10. The third-order valence-electron chi connectivity index (χ3n) is 4.60. The van der Waals surface area contributed by atoms with Crippen molar-refractivity contribution in [2.75, 3.05) is 31.7 Å². The van der Waals surface area contributed by atoms with Gasteiger partial charge in [-0.2, -0.15) is 11.8 Å². The Labute approximate surface area is 209 Å². The van der Waals surface area contributed by atoms with E-state index in [-0.39, 0.29) is 30.4 Å². The molecule has 3 heterocycles. The highest BCUT2D eigenvalue weighted by Crippen LogP contribution is 2.34. The summed E-state index contributed by atoms with van der Waals surface area (Å²) in [6.45, 7) is 1.48. The molecular weight excluding hydrogens is 487 g/mol. The van der Waals surface area contributed by atoms with Gasteiger partial charge < -0.3 is 24.1 Å². The summed E-state index contributed by atoms with van der Waals surface area (Å²) in [7, 11) is 4.03. The molecule has 0 fully saturated rings. The molecule has 1 aliphatic heterocycles. The van der Waals surface area contributed by atoms with E-state index in [1.54, 1.807) is 18.0 Å². The van der Waals surface area contributed by atoms with Crippen LogP contribution in [0, 0.1) is 0 Å². The highest BCUT2D eigenvalue weighted by molar-refractivity contribution is 7.98. The van der Waals surface area contributed by atoms with E-state index in [9.17, 15) is 4.79 Å². The second kappa shape index (κ2) is 12.8. The zero-order chi connectivity index (χ0) is 21.6. The van der Waals surface area contributed by atoms with Gasteiger partial charge in [0.1, 0.15) is 11.5 Å². The molecule has 4 rings (SSSR count). The van der Waals surface area contributed by atoms with Crippen molar-refractivity contribution in [2.24, 2.45) is 0 Å². The summed E-state index contributed by atoms with van der Waals surface area (Å²) in [5.41, 5.74) is 0.321. The smallest absolute Gasteiger partial charge is 0.255 e. The zero-order valence-corrected chi connectivity index (χ0v) is 20.9. The normalized spacial score (nSPS) is 12.3. The van der Waals surface area contributed by atoms with Crippen molar-refractivity contribution in [2.45, 2.75) is 25.0 Å². The monoisotopic (exact) mass is 514 g/mol. The molecule has 33 heavy (non-hydrogen) atoms. The average Bonchev–Trinajstić information content (AvgIpc) is 3.35. The Morgan fingerprint density at radius 2 is 1.79 bits per heavy atom. The molecule has 0 atom stereocenters. The fraction of sp³-hybridized carbons (Fsp3) is 0.364. The number of thioether (sulfide) groups is 1. The van der Waals surface area contributed by atoms with Crippen LogP contribution in [0.5, 0.6) is 11.5 Å². The molecule has 1 aromatic carbocycles. The summed E-state index contributed by atoms with van der Waals surface area (Å²) in [6.07, 6.45) is 1.38. The van der Waals surface area contributed by atoms with Gasteiger partial charge in [0.05, 0.1) is 18.7 Å². The van der Waals surface area contributed by atoms with Crippen LogP contribution in [0.1, 0.15) is 17.1 Å². The fourth-order valence-electron chi connectivity index (χ4n) is 3.18. The van der Waals surface area contributed by atoms with Crippen LogP contribution < -0.4 is 20.3 Å². The van der Waals surface area contributed by atoms with Gasteiger partial charge in [-0.3, -0.25) is 9.78 Å². The van der Waals surface area contributed by atoms with Gasteiger partial charge in [-0.1, -0.05) is 12.1 Å². The first kappa shape index (κ1) is 26.9. The van der Waals surface area contributed by atoms with Crippen LogP contribution in [-0.2, 0) is 18.7 Å². The van der Waals surface area contributed by atoms with Crippen LogP contribution in [0.3, 0.4) is 0 Å². The number of anilines is 1. The molecule has 0 aliphatic carbocycles. The number of ether oxygens (including phenoxy) is 2.